The Kier molecular flexibility index (Phi) is 7.45. The Morgan fingerprint density at radius 3 is 2.88 bits per heavy atom. The van der Waals surface area contributed by atoms with Crippen LogP contribution in [0.3, 0.4) is 0 Å². The Morgan fingerprint density at radius 2 is 2.20 bits per heavy atom. The molecule has 0 bridgehead atoms. The molecular formula is C19H23NO5. The van der Waals surface area contributed by atoms with Gasteiger partial charge in [0.25, 0.3) is 0 Å². The van der Waals surface area contributed by atoms with Gasteiger partial charge in [-0.3, -0.25) is 4.79 Å². The number of methoxy groups -OCH3 is 1. The summed E-state index contributed by atoms with van der Waals surface area (Å²) in [5, 5.41) is 2.68. The van der Waals surface area contributed by atoms with Gasteiger partial charge < -0.3 is 19.5 Å². The number of ether oxygens (including phenoxy) is 3. The van der Waals surface area contributed by atoms with E-state index in [2.05, 4.69) is 17.2 Å². The lowest BCUT2D eigenvalue weighted by Crippen LogP contribution is -2.22. The van der Waals surface area contributed by atoms with Crippen LogP contribution in [-0.4, -0.2) is 38.5 Å². The molecule has 1 aliphatic heterocycles. The number of carbonyl (C=O) groups excluding carboxylic acids is 2. The number of amides is 1. The highest BCUT2D eigenvalue weighted by Crippen LogP contribution is 2.18. The molecule has 1 unspecified atom stereocenters. The van der Waals surface area contributed by atoms with Crippen molar-refractivity contribution in [3.63, 3.8) is 0 Å². The third-order valence-corrected chi connectivity index (χ3v) is 3.64. The van der Waals surface area contributed by atoms with Crippen LogP contribution in [0.25, 0.3) is 0 Å². The second-order valence-corrected chi connectivity index (χ2v) is 5.65. The maximum absolute atomic E-state index is 11.6. The molecule has 0 radical (unpaired) electrons. The van der Waals surface area contributed by atoms with Crippen LogP contribution in [0.5, 0.6) is 0 Å². The number of rotatable bonds is 5. The number of hydrogen-bond acceptors (Lipinski definition) is 5. The summed E-state index contributed by atoms with van der Waals surface area (Å²) in [7, 11) is 1.31. The average molecular weight is 345 g/mol. The molecule has 0 spiro atoms. The molecule has 1 aromatic rings. The molecule has 2 rings (SSSR count). The molecule has 0 aromatic heterocycles. The molecule has 6 nitrogen and oxygen atoms in total. The maximum atomic E-state index is 11.6. The van der Waals surface area contributed by atoms with E-state index < -0.39 is 5.97 Å². The fraction of sp³-hybridized carbons (Fsp3) is 0.474. The standard InChI is InChI=1S/C19H23NO5/c1-14(21)20-17-13-16(19(22)23-2)10-9-15(17)7-3-5-11-24-18-8-4-6-12-25-18/h9-10,13,18H,4-6,8,11-12H2,1-2H3,(H,20,21). The molecule has 1 heterocycles. The smallest absolute Gasteiger partial charge is 0.337 e. The van der Waals surface area contributed by atoms with Crippen LogP contribution < -0.4 is 5.32 Å². The number of nitrogens with one attached hydrogen (secondary N) is 1. The molecule has 1 aromatic carbocycles. The van der Waals surface area contributed by atoms with Gasteiger partial charge in [-0.15, -0.1) is 0 Å². The second-order valence-electron chi connectivity index (χ2n) is 5.65. The van der Waals surface area contributed by atoms with Crippen LogP contribution in [0.2, 0.25) is 0 Å². The normalized spacial score (nSPS) is 16.5. The van der Waals surface area contributed by atoms with Crippen molar-refractivity contribution in [3.8, 4) is 11.8 Å². The Balaban J connectivity index is 1.97. The Bertz CT molecular complexity index is 668. The largest absolute Gasteiger partial charge is 0.465 e. The Hall–Kier alpha value is -2.36. The lowest BCUT2D eigenvalue weighted by atomic mass is 10.1. The quantitative estimate of drug-likeness (QED) is 0.505. The van der Waals surface area contributed by atoms with Crippen LogP contribution >= 0.6 is 0 Å². The molecular weight excluding hydrogens is 322 g/mol. The zero-order valence-electron chi connectivity index (χ0n) is 14.6. The minimum absolute atomic E-state index is 0.121. The van der Waals surface area contributed by atoms with Crippen LogP contribution in [0.15, 0.2) is 18.2 Å². The molecule has 0 aliphatic carbocycles. The van der Waals surface area contributed by atoms with Gasteiger partial charge in [-0.05, 0) is 37.5 Å². The molecule has 25 heavy (non-hydrogen) atoms. The van der Waals surface area contributed by atoms with Crippen LogP contribution in [0.4, 0.5) is 5.69 Å². The van der Waals surface area contributed by atoms with Crippen LogP contribution in [0.1, 0.15) is 48.5 Å². The monoisotopic (exact) mass is 345 g/mol. The number of benzene rings is 1. The summed E-state index contributed by atoms with van der Waals surface area (Å²) in [6.45, 7) is 2.65. The van der Waals surface area contributed by atoms with E-state index >= 15 is 0 Å². The fourth-order valence-corrected chi connectivity index (χ4v) is 2.43. The SMILES string of the molecule is COC(=O)c1ccc(C#CCCOC2CCCCO2)c(NC(C)=O)c1. The molecule has 1 N–H and O–H groups in total. The van der Waals surface area contributed by atoms with Crippen molar-refractivity contribution in [2.24, 2.45) is 0 Å². The summed E-state index contributed by atoms with van der Waals surface area (Å²) in [6, 6.07) is 4.87. The fourth-order valence-electron chi connectivity index (χ4n) is 2.43. The summed E-state index contributed by atoms with van der Waals surface area (Å²) in [5.41, 5.74) is 1.48. The van der Waals surface area contributed by atoms with E-state index in [0.29, 0.717) is 29.8 Å². The molecule has 1 amide bonds. The highest BCUT2D eigenvalue weighted by molar-refractivity contribution is 5.95. The third kappa shape index (κ3) is 6.22. The molecule has 6 heteroatoms. The number of esters is 1. The van der Waals surface area contributed by atoms with Gasteiger partial charge >= 0.3 is 5.97 Å². The van der Waals surface area contributed by atoms with Crippen molar-refractivity contribution in [2.45, 2.75) is 38.9 Å². The first-order valence-corrected chi connectivity index (χ1v) is 8.32. The van der Waals surface area contributed by atoms with E-state index in [0.717, 1.165) is 25.9 Å². The van der Waals surface area contributed by atoms with Crippen LogP contribution in [-0.2, 0) is 19.0 Å². The van der Waals surface area contributed by atoms with Gasteiger partial charge in [-0.25, -0.2) is 4.79 Å². The number of hydrogen-bond donors (Lipinski definition) is 1. The van der Waals surface area contributed by atoms with Crippen molar-refractivity contribution in [3.05, 3.63) is 29.3 Å². The minimum atomic E-state index is -0.466. The van der Waals surface area contributed by atoms with Crippen molar-refractivity contribution < 1.29 is 23.8 Å². The first-order valence-electron chi connectivity index (χ1n) is 8.32. The highest BCUT2D eigenvalue weighted by atomic mass is 16.7. The van der Waals surface area contributed by atoms with Gasteiger partial charge in [0.05, 0.1) is 25.0 Å². The van der Waals surface area contributed by atoms with Gasteiger partial charge in [0.15, 0.2) is 6.29 Å². The zero-order valence-corrected chi connectivity index (χ0v) is 14.6. The van der Waals surface area contributed by atoms with Gasteiger partial charge in [0.2, 0.25) is 5.91 Å². The zero-order chi connectivity index (χ0) is 18.1. The molecule has 1 fully saturated rings. The van der Waals surface area contributed by atoms with Crippen molar-refractivity contribution in [1.29, 1.82) is 0 Å². The summed E-state index contributed by atoms with van der Waals surface area (Å²) in [4.78, 5) is 23.0. The minimum Gasteiger partial charge on any atom is -0.465 e. The van der Waals surface area contributed by atoms with Crippen molar-refractivity contribution in [1.82, 2.24) is 0 Å². The van der Waals surface area contributed by atoms with E-state index in [4.69, 9.17) is 14.2 Å². The predicted molar refractivity (Wildman–Crippen MR) is 93.1 cm³/mol. The van der Waals surface area contributed by atoms with E-state index in [9.17, 15) is 9.59 Å². The van der Waals surface area contributed by atoms with Crippen LogP contribution in [0, 0.1) is 11.8 Å². The second kappa shape index (κ2) is 9.82. The summed E-state index contributed by atoms with van der Waals surface area (Å²) < 4.78 is 15.8. The van der Waals surface area contributed by atoms with E-state index in [1.54, 1.807) is 18.2 Å². The van der Waals surface area contributed by atoms with Gasteiger partial charge in [-0.2, -0.15) is 0 Å². The molecule has 134 valence electrons. The highest BCUT2D eigenvalue weighted by Gasteiger charge is 2.13. The topological polar surface area (TPSA) is 73.9 Å². The van der Waals surface area contributed by atoms with Gasteiger partial charge in [0, 0.05) is 25.5 Å². The summed E-state index contributed by atoms with van der Waals surface area (Å²) in [6.07, 6.45) is 3.58. The number of carbonyl (C=O) groups is 2. The lowest BCUT2D eigenvalue weighted by molar-refractivity contribution is -0.161. The summed E-state index contributed by atoms with van der Waals surface area (Å²) in [5.74, 6) is 5.32. The Morgan fingerprint density at radius 1 is 1.36 bits per heavy atom. The van der Waals surface area contributed by atoms with Crippen molar-refractivity contribution >= 4 is 17.6 Å². The number of anilines is 1. The van der Waals surface area contributed by atoms with Crippen molar-refractivity contribution in [2.75, 3.05) is 25.6 Å². The molecule has 1 aliphatic rings. The lowest BCUT2D eigenvalue weighted by Gasteiger charge is -2.22. The molecule has 1 atom stereocenters. The third-order valence-electron chi connectivity index (χ3n) is 3.64. The van der Waals surface area contributed by atoms with E-state index in [-0.39, 0.29) is 12.2 Å². The average Bonchev–Trinajstić information content (AvgIpc) is 2.62. The van der Waals surface area contributed by atoms with E-state index in [1.165, 1.54) is 14.0 Å². The van der Waals surface area contributed by atoms with Gasteiger partial charge in [-0.1, -0.05) is 11.8 Å². The molecule has 1 saturated heterocycles. The van der Waals surface area contributed by atoms with E-state index in [1.807, 2.05) is 0 Å². The first-order chi connectivity index (χ1) is 12.1. The maximum Gasteiger partial charge on any atom is 0.337 e. The predicted octanol–water partition coefficient (Wildman–Crippen LogP) is 2.72. The molecule has 0 saturated carbocycles. The first kappa shape index (κ1) is 19.0. The van der Waals surface area contributed by atoms with Gasteiger partial charge in [0.1, 0.15) is 0 Å². The Labute approximate surface area is 147 Å². The summed E-state index contributed by atoms with van der Waals surface area (Å²) >= 11 is 0.